The number of hydrogen-bond donors (Lipinski definition) is 3. The number of aromatic nitrogens is 1. The van der Waals surface area contributed by atoms with Crippen LogP contribution in [0.5, 0.6) is 0 Å². The second-order valence-corrected chi connectivity index (χ2v) is 16.0. The Morgan fingerprint density at radius 1 is 1.05 bits per heavy atom. The fourth-order valence-electron chi connectivity index (χ4n) is 3.94. The number of thiophene rings is 1. The molecule has 3 N–H and O–H groups in total. The first-order chi connectivity index (χ1) is 18.8. The van der Waals surface area contributed by atoms with Crippen molar-refractivity contribution < 1.29 is 35.3 Å². The Bertz CT molecular complexity index is 1680. The first kappa shape index (κ1) is 30.5. The Morgan fingerprint density at radius 2 is 1.77 bits per heavy atom. The van der Waals surface area contributed by atoms with E-state index in [0.29, 0.717) is 9.90 Å². The number of nitrogens with one attached hydrogen (secondary N) is 2. The average Bonchev–Trinajstić information content (AvgIpc) is 3.44. The van der Waals surface area contributed by atoms with Crippen molar-refractivity contribution in [3.8, 4) is 10.4 Å². The summed E-state index contributed by atoms with van der Waals surface area (Å²) in [4.78, 5) is 16.7. The highest BCUT2D eigenvalue weighted by Gasteiger charge is 2.43. The highest BCUT2D eigenvalue weighted by Crippen LogP contribution is 2.34. The number of nitrogens with zero attached hydrogens (tertiary/aromatic N) is 3. The predicted octanol–water partition coefficient (Wildman–Crippen LogP) is 0.952. The Kier molecular flexibility index (Phi) is 9.28. The molecule has 0 unspecified atom stereocenters. The number of halogens is 1. The van der Waals surface area contributed by atoms with Gasteiger partial charge >= 0.3 is 0 Å². The molecule has 2 aromatic heterocycles. The lowest BCUT2D eigenvalue weighted by atomic mass is 10.2. The third-order valence-electron chi connectivity index (χ3n) is 5.97. The zero-order valence-electron chi connectivity index (χ0n) is 20.5. The van der Waals surface area contributed by atoms with Crippen LogP contribution in [-0.2, 0) is 34.9 Å². The molecule has 0 saturated carbocycles. The second kappa shape index (κ2) is 12.2. The van der Waals surface area contributed by atoms with Crippen LogP contribution in [-0.4, -0.2) is 87.9 Å². The van der Waals surface area contributed by atoms with Crippen LogP contribution >= 0.6 is 22.9 Å². The number of rotatable bonds is 10. The number of piperazine rings is 1. The Labute approximate surface area is 240 Å². The fraction of sp³-hybridized carbons (Fsp3) is 0.273. The highest BCUT2D eigenvalue weighted by atomic mass is 35.5. The van der Waals surface area contributed by atoms with Crippen molar-refractivity contribution in [1.82, 2.24) is 23.8 Å². The van der Waals surface area contributed by atoms with Gasteiger partial charge in [-0.05, 0) is 42.0 Å². The molecular formula is C22H24ClN5O8S4. The van der Waals surface area contributed by atoms with Gasteiger partial charge in [0.1, 0.15) is 15.1 Å². The quantitative estimate of drug-likeness (QED) is 0.213. The second-order valence-electron chi connectivity index (χ2n) is 8.49. The summed E-state index contributed by atoms with van der Waals surface area (Å²) in [5.41, 5.74) is 2.14. The van der Waals surface area contributed by atoms with Crippen LogP contribution in [0.3, 0.4) is 0 Å². The fourth-order valence-corrected chi connectivity index (χ4v) is 9.54. The maximum Gasteiger partial charge on any atom is 0.263 e. The summed E-state index contributed by atoms with van der Waals surface area (Å²) in [5.74, 6) is -1.77. The average molecular weight is 650 g/mol. The van der Waals surface area contributed by atoms with Gasteiger partial charge in [-0.25, -0.2) is 35.5 Å². The molecule has 0 radical (unpaired) electrons. The summed E-state index contributed by atoms with van der Waals surface area (Å²) in [6.45, 7) is -1.73. The van der Waals surface area contributed by atoms with E-state index < -0.39 is 60.9 Å². The zero-order valence-corrected chi connectivity index (χ0v) is 24.6. The standard InChI is InChI=1S/C22H24ClN5O8S4/c23-17-5-3-16(4-6-17)20-7-8-21(37-20)40(35,36)28-12-11-27(15-19(28)22(29)26-30)38(31,32)13-10-25-39(33,34)18-2-1-9-24-14-18/h1-9,14,19,25,30H,10-13,15H2,(H,26,29)/t19-/m1/s1. The molecular weight excluding hydrogens is 626 g/mol. The van der Waals surface area contributed by atoms with Gasteiger partial charge in [0.05, 0.1) is 5.75 Å². The first-order valence-electron chi connectivity index (χ1n) is 11.5. The number of carbonyl (C=O) groups excluding carboxylic acids is 1. The summed E-state index contributed by atoms with van der Waals surface area (Å²) in [7, 11) is -12.4. The van der Waals surface area contributed by atoms with E-state index in [4.69, 9.17) is 11.6 Å². The number of carbonyl (C=O) groups is 1. The summed E-state index contributed by atoms with van der Waals surface area (Å²) in [5, 5.41) is 9.78. The van der Waals surface area contributed by atoms with Gasteiger partial charge in [0.25, 0.3) is 15.9 Å². The number of hydrogen-bond acceptors (Lipinski definition) is 10. The van der Waals surface area contributed by atoms with Crippen LogP contribution in [0.2, 0.25) is 5.02 Å². The molecule has 0 aliphatic carbocycles. The molecule has 18 heteroatoms. The van der Waals surface area contributed by atoms with Crippen LogP contribution in [0.4, 0.5) is 0 Å². The highest BCUT2D eigenvalue weighted by molar-refractivity contribution is 7.91. The van der Waals surface area contributed by atoms with E-state index >= 15 is 0 Å². The van der Waals surface area contributed by atoms with Crippen molar-refractivity contribution in [2.75, 3.05) is 31.9 Å². The lowest BCUT2D eigenvalue weighted by Gasteiger charge is -2.38. The minimum atomic E-state index is -4.26. The van der Waals surface area contributed by atoms with Crippen LogP contribution < -0.4 is 10.2 Å². The first-order valence-corrected chi connectivity index (χ1v) is 17.3. The van der Waals surface area contributed by atoms with Crippen molar-refractivity contribution in [2.24, 2.45) is 0 Å². The molecule has 3 aromatic rings. The van der Waals surface area contributed by atoms with Gasteiger partial charge in [-0.3, -0.25) is 15.0 Å². The lowest BCUT2D eigenvalue weighted by Crippen LogP contribution is -2.61. The van der Waals surface area contributed by atoms with Crippen LogP contribution in [0, 0.1) is 0 Å². The molecule has 0 bridgehead atoms. The Balaban J connectivity index is 1.48. The van der Waals surface area contributed by atoms with E-state index in [9.17, 15) is 35.3 Å². The number of pyridine rings is 1. The molecule has 1 aliphatic heterocycles. The molecule has 3 heterocycles. The van der Waals surface area contributed by atoms with Crippen molar-refractivity contribution in [3.63, 3.8) is 0 Å². The SMILES string of the molecule is O=C(NO)[C@H]1CN(S(=O)(=O)CCNS(=O)(=O)c2cccnc2)CCN1S(=O)(=O)c1ccc(-c2ccc(Cl)cc2)s1. The molecule has 1 aromatic carbocycles. The van der Waals surface area contributed by atoms with E-state index in [-0.39, 0.29) is 22.2 Å². The molecule has 40 heavy (non-hydrogen) atoms. The number of hydroxylamine groups is 1. The van der Waals surface area contributed by atoms with Crippen molar-refractivity contribution in [2.45, 2.75) is 15.1 Å². The lowest BCUT2D eigenvalue weighted by molar-refractivity contribution is -0.134. The molecule has 1 aliphatic rings. The molecule has 1 amide bonds. The van der Waals surface area contributed by atoms with E-state index in [1.165, 1.54) is 29.9 Å². The van der Waals surface area contributed by atoms with Gasteiger partial charge in [0, 0.05) is 48.5 Å². The van der Waals surface area contributed by atoms with Gasteiger partial charge in [-0.1, -0.05) is 23.7 Å². The van der Waals surface area contributed by atoms with Gasteiger partial charge in [0.15, 0.2) is 0 Å². The van der Waals surface area contributed by atoms with E-state index in [2.05, 4.69) is 9.71 Å². The van der Waals surface area contributed by atoms with E-state index in [1.807, 2.05) is 0 Å². The van der Waals surface area contributed by atoms with Crippen molar-refractivity contribution in [1.29, 1.82) is 0 Å². The molecule has 13 nitrogen and oxygen atoms in total. The molecule has 4 rings (SSSR count). The van der Waals surface area contributed by atoms with Gasteiger partial charge in [0.2, 0.25) is 20.0 Å². The maximum atomic E-state index is 13.5. The third kappa shape index (κ3) is 6.69. The van der Waals surface area contributed by atoms with Crippen molar-refractivity contribution >= 4 is 58.9 Å². The third-order valence-corrected chi connectivity index (χ3v) is 13.0. The summed E-state index contributed by atoms with van der Waals surface area (Å²) >= 11 is 6.88. The molecule has 216 valence electrons. The maximum absolute atomic E-state index is 13.5. The van der Waals surface area contributed by atoms with Crippen molar-refractivity contribution in [3.05, 3.63) is 65.9 Å². The molecule has 1 fully saturated rings. The largest absolute Gasteiger partial charge is 0.289 e. The zero-order chi connectivity index (χ0) is 29.1. The van der Waals surface area contributed by atoms with Crippen LogP contribution in [0.15, 0.2) is 70.0 Å². The van der Waals surface area contributed by atoms with E-state index in [0.717, 1.165) is 31.7 Å². The van der Waals surface area contributed by atoms with E-state index in [1.54, 1.807) is 30.3 Å². The summed E-state index contributed by atoms with van der Waals surface area (Å²) in [6, 6.07) is 10.9. The molecule has 1 atom stereocenters. The number of amides is 1. The minimum absolute atomic E-state index is 0.0747. The molecule has 1 saturated heterocycles. The Morgan fingerprint density at radius 3 is 2.42 bits per heavy atom. The Hall–Kier alpha value is -2.48. The predicted molar refractivity (Wildman–Crippen MR) is 147 cm³/mol. The monoisotopic (exact) mass is 649 g/mol. The number of sulfonamides is 3. The molecule has 0 spiro atoms. The summed E-state index contributed by atoms with van der Waals surface area (Å²) < 4.78 is 81.5. The normalized spacial score (nSPS) is 17.5. The van der Waals surface area contributed by atoms with Crippen LogP contribution in [0.1, 0.15) is 0 Å². The van der Waals surface area contributed by atoms with Gasteiger partial charge < -0.3 is 0 Å². The van der Waals surface area contributed by atoms with Gasteiger partial charge in [-0.15, -0.1) is 11.3 Å². The van der Waals surface area contributed by atoms with Gasteiger partial charge in [-0.2, -0.15) is 8.61 Å². The van der Waals surface area contributed by atoms with Crippen LogP contribution in [0.25, 0.3) is 10.4 Å². The topological polar surface area (TPSA) is 183 Å². The smallest absolute Gasteiger partial charge is 0.263 e. The number of benzene rings is 1. The summed E-state index contributed by atoms with van der Waals surface area (Å²) in [6.07, 6.45) is 2.50. The minimum Gasteiger partial charge on any atom is -0.289 e.